The number of hydrogen-bond acceptors (Lipinski definition) is 4. The molecular weight excluding hydrogens is 357 g/mol. The van der Waals surface area contributed by atoms with Crippen LogP contribution in [0.3, 0.4) is 0 Å². The molecule has 0 spiro atoms. The second-order valence-electron chi connectivity index (χ2n) is 6.09. The Kier molecular flexibility index (Phi) is 4.10. The molecule has 0 bridgehead atoms. The Balaban J connectivity index is 1.70. The fraction of sp³-hybridized carbons (Fsp3) is 0.158. The number of halogens is 3. The van der Waals surface area contributed by atoms with Gasteiger partial charge >= 0.3 is 6.18 Å². The third-order valence-corrected chi connectivity index (χ3v) is 4.30. The number of fused-ring (bicyclic) bond motifs is 1. The quantitative estimate of drug-likeness (QED) is 0.706. The van der Waals surface area contributed by atoms with Crippen molar-refractivity contribution < 1.29 is 18.0 Å². The Hall–Kier alpha value is -3.29. The minimum absolute atomic E-state index is 0.144. The van der Waals surface area contributed by atoms with E-state index in [-0.39, 0.29) is 18.9 Å². The summed E-state index contributed by atoms with van der Waals surface area (Å²) in [5, 5.41) is 0. The molecule has 2 aromatic heterocycles. The molecule has 8 heteroatoms. The van der Waals surface area contributed by atoms with Crippen molar-refractivity contribution in [3.05, 3.63) is 72.1 Å². The van der Waals surface area contributed by atoms with Gasteiger partial charge in [-0.1, -0.05) is 12.1 Å². The highest BCUT2D eigenvalue weighted by molar-refractivity contribution is 6.01. The molecule has 1 aliphatic rings. The summed E-state index contributed by atoms with van der Waals surface area (Å²) >= 11 is 0. The Morgan fingerprint density at radius 1 is 1.00 bits per heavy atom. The van der Waals surface area contributed by atoms with Gasteiger partial charge in [0.15, 0.2) is 0 Å². The summed E-state index contributed by atoms with van der Waals surface area (Å²) in [6.07, 6.45) is 0.379. The van der Waals surface area contributed by atoms with Gasteiger partial charge < -0.3 is 4.90 Å². The standard InChI is InChI=1S/C19H13F3N4O/c20-19(21,22)14-4-1-3-12(7-14)13-8-16-15(25-10-13)9-18(27)26(16)11-17-23-5-2-6-24-17/h1-8,10H,9,11H2. The van der Waals surface area contributed by atoms with Crippen LogP contribution in [0.1, 0.15) is 17.1 Å². The molecule has 1 aromatic carbocycles. The SMILES string of the molecule is O=C1Cc2ncc(-c3cccc(C(F)(F)F)c3)cc2N1Cc1ncccn1. The van der Waals surface area contributed by atoms with E-state index in [0.29, 0.717) is 28.3 Å². The molecule has 0 unspecified atom stereocenters. The number of amides is 1. The fourth-order valence-corrected chi connectivity index (χ4v) is 2.98. The molecule has 5 nitrogen and oxygen atoms in total. The lowest BCUT2D eigenvalue weighted by Gasteiger charge is -2.17. The van der Waals surface area contributed by atoms with Crippen LogP contribution in [0.2, 0.25) is 0 Å². The van der Waals surface area contributed by atoms with Gasteiger partial charge in [-0.3, -0.25) is 9.78 Å². The van der Waals surface area contributed by atoms with E-state index >= 15 is 0 Å². The minimum Gasteiger partial charge on any atom is -0.303 e. The second-order valence-corrected chi connectivity index (χ2v) is 6.09. The fourth-order valence-electron chi connectivity index (χ4n) is 2.98. The first-order valence-corrected chi connectivity index (χ1v) is 8.14. The van der Waals surface area contributed by atoms with E-state index in [0.717, 1.165) is 12.1 Å². The van der Waals surface area contributed by atoms with E-state index in [9.17, 15) is 18.0 Å². The number of hydrogen-bond donors (Lipinski definition) is 0. The number of benzene rings is 1. The van der Waals surface area contributed by atoms with E-state index in [1.165, 1.54) is 17.2 Å². The van der Waals surface area contributed by atoms with Crippen LogP contribution in [0.5, 0.6) is 0 Å². The molecular formula is C19H13F3N4O. The zero-order valence-electron chi connectivity index (χ0n) is 13.9. The Morgan fingerprint density at radius 3 is 2.52 bits per heavy atom. The molecule has 1 aliphatic heterocycles. The Morgan fingerprint density at radius 2 is 1.78 bits per heavy atom. The molecule has 0 radical (unpaired) electrons. The maximum Gasteiger partial charge on any atom is 0.416 e. The zero-order chi connectivity index (χ0) is 19.0. The van der Waals surface area contributed by atoms with Gasteiger partial charge in [-0.25, -0.2) is 9.97 Å². The largest absolute Gasteiger partial charge is 0.416 e. The van der Waals surface area contributed by atoms with Crippen LogP contribution in [0.15, 0.2) is 55.0 Å². The molecule has 27 heavy (non-hydrogen) atoms. The molecule has 0 saturated heterocycles. The first-order chi connectivity index (χ1) is 12.9. The van der Waals surface area contributed by atoms with Gasteiger partial charge in [0, 0.05) is 24.2 Å². The first kappa shape index (κ1) is 17.1. The first-order valence-electron chi connectivity index (χ1n) is 8.14. The molecule has 1 amide bonds. The monoisotopic (exact) mass is 370 g/mol. The van der Waals surface area contributed by atoms with Gasteiger partial charge in [0.1, 0.15) is 5.82 Å². The summed E-state index contributed by atoms with van der Waals surface area (Å²) in [6.45, 7) is 0.181. The van der Waals surface area contributed by atoms with Crippen LogP contribution in [0.25, 0.3) is 11.1 Å². The third kappa shape index (κ3) is 3.38. The van der Waals surface area contributed by atoms with Crippen molar-refractivity contribution in [2.24, 2.45) is 0 Å². The molecule has 0 fully saturated rings. The van der Waals surface area contributed by atoms with Crippen molar-refractivity contribution in [3.63, 3.8) is 0 Å². The predicted octanol–water partition coefficient (Wildman–Crippen LogP) is 3.65. The van der Waals surface area contributed by atoms with Crippen molar-refractivity contribution in [1.82, 2.24) is 15.0 Å². The van der Waals surface area contributed by atoms with Gasteiger partial charge in [-0.05, 0) is 29.8 Å². The number of pyridine rings is 1. The van der Waals surface area contributed by atoms with Crippen LogP contribution in [-0.4, -0.2) is 20.9 Å². The number of aromatic nitrogens is 3. The van der Waals surface area contributed by atoms with Gasteiger partial charge in [0.2, 0.25) is 5.91 Å². The molecule has 0 aliphatic carbocycles. The van der Waals surface area contributed by atoms with Gasteiger partial charge in [0.05, 0.1) is 29.9 Å². The van der Waals surface area contributed by atoms with Crippen molar-refractivity contribution in [2.75, 3.05) is 4.90 Å². The summed E-state index contributed by atoms with van der Waals surface area (Å²) in [7, 11) is 0. The number of carbonyl (C=O) groups excluding carboxylic acids is 1. The van der Waals surface area contributed by atoms with Crippen molar-refractivity contribution in [2.45, 2.75) is 19.1 Å². The molecule has 136 valence electrons. The van der Waals surface area contributed by atoms with E-state index in [4.69, 9.17) is 0 Å². The molecule has 0 N–H and O–H groups in total. The lowest BCUT2D eigenvalue weighted by molar-refractivity contribution is -0.137. The van der Waals surface area contributed by atoms with Crippen LogP contribution in [0.4, 0.5) is 18.9 Å². The molecule has 4 rings (SSSR count). The zero-order valence-corrected chi connectivity index (χ0v) is 13.9. The highest BCUT2D eigenvalue weighted by Crippen LogP contribution is 2.35. The van der Waals surface area contributed by atoms with Crippen LogP contribution in [0, 0.1) is 0 Å². The normalized spacial score (nSPS) is 13.7. The van der Waals surface area contributed by atoms with Crippen LogP contribution >= 0.6 is 0 Å². The molecule has 3 aromatic rings. The summed E-state index contributed by atoms with van der Waals surface area (Å²) in [5.41, 5.74) is 1.32. The average molecular weight is 370 g/mol. The second kappa shape index (κ2) is 6.46. The summed E-state index contributed by atoms with van der Waals surface area (Å²) in [5.74, 6) is 0.328. The topological polar surface area (TPSA) is 59.0 Å². The number of alkyl halides is 3. The van der Waals surface area contributed by atoms with E-state index < -0.39 is 11.7 Å². The van der Waals surface area contributed by atoms with Gasteiger partial charge in [-0.15, -0.1) is 0 Å². The number of nitrogens with zero attached hydrogens (tertiary/aromatic N) is 4. The van der Waals surface area contributed by atoms with Crippen molar-refractivity contribution in [1.29, 1.82) is 0 Å². The Labute approximate surface area is 152 Å². The van der Waals surface area contributed by atoms with Crippen molar-refractivity contribution >= 4 is 11.6 Å². The summed E-state index contributed by atoms with van der Waals surface area (Å²) < 4.78 is 38.9. The van der Waals surface area contributed by atoms with E-state index in [1.54, 1.807) is 30.6 Å². The number of carbonyl (C=O) groups is 1. The maximum absolute atomic E-state index is 13.0. The number of anilines is 1. The summed E-state index contributed by atoms with van der Waals surface area (Å²) in [6, 6.07) is 8.39. The highest BCUT2D eigenvalue weighted by Gasteiger charge is 2.32. The van der Waals surface area contributed by atoms with Crippen molar-refractivity contribution in [3.8, 4) is 11.1 Å². The Bertz CT molecular complexity index is 1010. The smallest absolute Gasteiger partial charge is 0.303 e. The van der Waals surface area contributed by atoms with E-state index in [1.807, 2.05) is 0 Å². The lowest BCUT2D eigenvalue weighted by atomic mass is 10.0. The number of rotatable bonds is 3. The molecule has 0 saturated carbocycles. The summed E-state index contributed by atoms with van der Waals surface area (Å²) in [4.78, 5) is 26.4. The third-order valence-electron chi connectivity index (χ3n) is 4.30. The average Bonchev–Trinajstić information content (AvgIpc) is 2.97. The minimum atomic E-state index is -4.42. The highest BCUT2D eigenvalue weighted by atomic mass is 19.4. The van der Waals surface area contributed by atoms with Crippen LogP contribution < -0.4 is 4.90 Å². The van der Waals surface area contributed by atoms with E-state index in [2.05, 4.69) is 15.0 Å². The molecule has 0 atom stereocenters. The van der Waals surface area contributed by atoms with Gasteiger partial charge in [0.25, 0.3) is 0 Å². The lowest BCUT2D eigenvalue weighted by Crippen LogP contribution is -2.27. The van der Waals surface area contributed by atoms with Gasteiger partial charge in [-0.2, -0.15) is 13.2 Å². The predicted molar refractivity (Wildman–Crippen MR) is 91.6 cm³/mol. The van der Waals surface area contributed by atoms with Crippen LogP contribution in [-0.2, 0) is 23.9 Å². The maximum atomic E-state index is 13.0. The molecule has 3 heterocycles.